The molecule has 0 radical (unpaired) electrons. The third kappa shape index (κ3) is 5.11. The standard InChI is InChI=1S/C17H25BrN2O/c1-13(10-11-19)6-9-17(21)20(15-7-8-15)12-14-4-2-3-5-16(14)18/h2-5,13,15H,6-12,19H2,1H3. The zero-order chi connectivity index (χ0) is 15.2. The van der Waals surface area contributed by atoms with E-state index in [-0.39, 0.29) is 5.91 Å². The van der Waals surface area contributed by atoms with E-state index < -0.39 is 0 Å². The molecule has 1 aromatic carbocycles. The van der Waals surface area contributed by atoms with Gasteiger partial charge >= 0.3 is 0 Å². The molecular formula is C17H25BrN2O. The molecule has 0 aromatic heterocycles. The number of halogens is 1. The number of amides is 1. The van der Waals surface area contributed by atoms with Crippen molar-refractivity contribution < 1.29 is 4.79 Å². The third-order valence-corrected chi connectivity index (χ3v) is 4.89. The Bertz CT molecular complexity index is 474. The Labute approximate surface area is 136 Å². The van der Waals surface area contributed by atoms with Gasteiger partial charge in [0, 0.05) is 23.5 Å². The summed E-state index contributed by atoms with van der Waals surface area (Å²) >= 11 is 3.57. The van der Waals surface area contributed by atoms with Crippen molar-refractivity contribution in [3.63, 3.8) is 0 Å². The lowest BCUT2D eigenvalue weighted by Gasteiger charge is -2.24. The fraction of sp³-hybridized carbons (Fsp3) is 0.588. The van der Waals surface area contributed by atoms with Crippen LogP contribution in [0.4, 0.5) is 0 Å². The van der Waals surface area contributed by atoms with Crippen molar-refractivity contribution in [2.75, 3.05) is 6.54 Å². The van der Waals surface area contributed by atoms with Gasteiger partial charge in [-0.2, -0.15) is 0 Å². The Hall–Kier alpha value is -0.870. The zero-order valence-electron chi connectivity index (χ0n) is 12.7. The van der Waals surface area contributed by atoms with Crippen molar-refractivity contribution in [3.8, 4) is 0 Å². The SMILES string of the molecule is CC(CCN)CCC(=O)N(Cc1ccccc1Br)C1CC1. The van der Waals surface area contributed by atoms with E-state index in [1.807, 2.05) is 18.2 Å². The fourth-order valence-electron chi connectivity index (χ4n) is 2.56. The normalized spacial score (nSPS) is 15.8. The van der Waals surface area contributed by atoms with Gasteiger partial charge in [-0.15, -0.1) is 0 Å². The Morgan fingerprint density at radius 1 is 1.38 bits per heavy atom. The quantitative estimate of drug-likeness (QED) is 0.775. The van der Waals surface area contributed by atoms with Gasteiger partial charge < -0.3 is 10.6 Å². The summed E-state index contributed by atoms with van der Waals surface area (Å²) in [7, 11) is 0. The van der Waals surface area contributed by atoms with Crippen LogP contribution in [0.15, 0.2) is 28.7 Å². The lowest BCUT2D eigenvalue weighted by molar-refractivity contribution is -0.132. The van der Waals surface area contributed by atoms with Gasteiger partial charge in [0.25, 0.3) is 0 Å². The van der Waals surface area contributed by atoms with Crippen LogP contribution >= 0.6 is 15.9 Å². The van der Waals surface area contributed by atoms with Crippen LogP contribution in [-0.2, 0) is 11.3 Å². The summed E-state index contributed by atoms with van der Waals surface area (Å²) in [5.74, 6) is 0.820. The predicted molar refractivity (Wildman–Crippen MR) is 89.8 cm³/mol. The van der Waals surface area contributed by atoms with Gasteiger partial charge in [-0.3, -0.25) is 4.79 Å². The van der Waals surface area contributed by atoms with Crippen LogP contribution in [0.1, 0.15) is 44.6 Å². The van der Waals surface area contributed by atoms with Gasteiger partial charge in [-0.25, -0.2) is 0 Å². The molecule has 1 aromatic rings. The molecule has 0 bridgehead atoms. The van der Waals surface area contributed by atoms with Gasteiger partial charge in [-0.05, 0) is 49.8 Å². The van der Waals surface area contributed by atoms with Gasteiger partial charge in [0.15, 0.2) is 0 Å². The van der Waals surface area contributed by atoms with Crippen molar-refractivity contribution >= 4 is 21.8 Å². The van der Waals surface area contributed by atoms with Gasteiger partial charge in [0.1, 0.15) is 0 Å². The van der Waals surface area contributed by atoms with Crippen LogP contribution in [0.2, 0.25) is 0 Å². The average molecular weight is 353 g/mol. The van der Waals surface area contributed by atoms with Crippen LogP contribution < -0.4 is 5.73 Å². The molecule has 1 atom stereocenters. The number of benzene rings is 1. The van der Waals surface area contributed by atoms with Crippen molar-refractivity contribution in [1.29, 1.82) is 0 Å². The number of nitrogens with zero attached hydrogens (tertiary/aromatic N) is 1. The molecule has 1 unspecified atom stereocenters. The first-order valence-electron chi connectivity index (χ1n) is 7.84. The Morgan fingerprint density at radius 3 is 2.71 bits per heavy atom. The van der Waals surface area contributed by atoms with E-state index in [9.17, 15) is 4.79 Å². The Morgan fingerprint density at radius 2 is 2.10 bits per heavy atom. The fourth-order valence-corrected chi connectivity index (χ4v) is 2.97. The molecule has 1 aliphatic rings. The second-order valence-corrected chi connectivity index (χ2v) is 6.92. The smallest absolute Gasteiger partial charge is 0.223 e. The van der Waals surface area contributed by atoms with E-state index in [0.29, 0.717) is 24.9 Å². The molecule has 0 saturated heterocycles. The molecule has 2 rings (SSSR count). The third-order valence-electron chi connectivity index (χ3n) is 4.12. The van der Waals surface area contributed by atoms with Crippen LogP contribution in [0.25, 0.3) is 0 Å². The summed E-state index contributed by atoms with van der Waals surface area (Å²) in [5, 5.41) is 0. The number of hydrogen-bond acceptors (Lipinski definition) is 2. The van der Waals surface area contributed by atoms with Crippen LogP contribution in [0, 0.1) is 5.92 Å². The van der Waals surface area contributed by atoms with E-state index in [2.05, 4.69) is 33.8 Å². The highest BCUT2D eigenvalue weighted by molar-refractivity contribution is 9.10. The van der Waals surface area contributed by atoms with Gasteiger partial charge in [0.05, 0.1) is 0 Å². The van der Waals surface area contributed by atoms with E-state index in [1.54, 1.807) is 0 Å². The van der Waals surface area contributed by atoms with E-state index in [4.69, 9.17) is 5.73 Å². The highest BCUT2D eigenvalue weighted by Gasteiger charge is 2.32. The summed E-state index contributed by atoms with van der Waals surface area (Å²) < 4.78 is 1.08. The number of carbonyl (C=O) groups excluding carboxylic acids is 1. The maximum absolute atomic E-state index is 12.5. The Balaban J connectivity index is 1.93. The minimum atomic E-state index is 0.289. The van der Waals surface area contributed by atoms with E-state index in [1.165, 1.54) is 5.56 Å². The molecule has 1 aliphatic carbocycles. The van der Waals surface area contributed by atoms with Gasteiger partial charge in [-0.1, -0.05) is 41.1 Å². The number of rotatable bonds is 8. The average Bonchev–Trinajstić information content (AvgIpc) is 3.29. The molecule has 0 spiro atoms. The van der Waals surface area contributed by atoms with Crippen molar-refractivity contribution in [3.05, 3.63) is 34.3 Å². The van der Waals surface area contributed by atoms with Crippen molar-refractivity contribution in [1.82, 2.24) is 4.90 Å². The summed E-state index contributed by atoms with van der Waals surface area (Å²) in [6.07, 6.45) is 4.88. The van der Waals surface area contributed by atoms with Crippen LogP contribution in [-0.4, -0.2) is 23.4 Å². The molecule has 1 amide bonds. The number of hydrogen-bond donors (Lipinski definition) is 1. The highest BCUT2D eigenvalue weighted by atomic mass is 79.9. The van der Waals surface area contributed by atoms with Crippen LogP contribution in [0.3, 0.4) is 0 Å². The lowest BCUT2D eigenvalue weighted by atomic mass is 10.0. The highest BCUT2D eigenvalue weighted by Crippen LogP contribution is 2.31. The molecule has 1 saturated carbocycles. The zero-order valence-corrected chi connectivity index (χ0v) is 14.3. The summed E-state index contributed by atoms with van der Waals surface area (Å²) in [6, 6.07) is 8.61. The summed E-state index contributed by atoms with van der Waals surface area (Å²) in [5.41, 5.74) is 6.76. The first-order chi connectivity index (χ1) is 10.1. The van der Waals surface area contributed by atoms with Crippen LogP contribution in [0.5, 0.6) is 0 Å². The monoisotopic (exact) mass is 352 g/mol. The Kier molecular flexibility index (Phi) is 6.24. The number of carbonyl (C=O) groups is 1. The lowest BCUT2D eigenvalue weighted by Crippen LogP contribution is -2.32. The molecular weight excluding hydrogens is 328 g/mol. The van der Waals surface area contributed by atoms with E-state index >= 15 is 0 Å². The second-order valence-electron chi connectivity index (χ2n) is 6.07. The molecule has 4 heteroatoms. The van der Waals surface area contributed by atoms with E-state index in [0.717, 1.165) is 36.7 Å². The minimum absolute atomic E-state index is 0.289. The molecule has 3 nitrogen and oxygen atoms in total. The largest absolute Gasteiger partial charge is 0.335 e. The van der Waals surface area contributed by atoms with Gasteiger partial charge in [0.2, 0.25) is 5.91 Å². The first-order valence-corrected chi connectivity index (χ1v) is 8.64. The predicted octanol–water partition coefficient (Wildman–Crippen LogP) is 3.71. The number of nitrogens with two attached hydrogens (primary N) is 1. The summed E-state index contributed by atoms with van der Waals surface area (Å²) in [4.78, 5) is 14.6. The molecule has 0 aliphatic heterocycles. The maximum Gasteiger partial charge on any atom is 0.223 e. The van der Waals surface area contributed by atoms with Crippen molar-refractivity contribution in [2.24, 2.45) is 11.7 Å². The molecule has 116 valence electrons. The molecule has 1 fully saturated rings. The summed E-state index contributed by atoms with van der Waals surface area (Å²) in [6.45, 7) is 3.60. The molecule has 21 heavy (non-hydrogen) atoms. The molecule has 0 heterocycles. The minimum Gasteiger partial charge on any atom is -0.335 e. The topological polar surface area (TPSA) is 46.3 Å². The molecule has 2 N–H and O–H groups in total. The first kappa shape index (κ1) is 16.5. The van der Waals surface area contributed by atoms with Crippen molar-refractivity contribution in [2.45, 2.75) is 51.6 Å². The second kappa shape index (κ2) is 7.95. The maximum atomic E-state index is 12.5.